The van der Waals surface area contributed by atoms with Gasteiger partial charge < -0.3 is 10.2 Å². The molecule has 0 aromatic rings. The maximum atomic E-state index is 12.4. The Morgan fingerprint density at radius 1 is 1.27 bits per heavy atom. The minimum absolute atomic E-state index is 0.0878. The molecule has 0 spiro atoms. The van der Waals surface area contributed by atoms with E-state index in [0.29, 0.717) is 23.9 Å². The van der Waals surface area contributed by atoms with Gasteiger partial charge in [0.05, 0.1) is 12.1 Å². The molecule has 2 saturated heterocycles. The molecule has 12 heteroatoms. The first-order valence-corrected chi connectivity index (χ1v) is 10.0. The standard InChI is InChI=1S/C14H24N4O7S/c1-15-9-3-2-4-11(7-9)24-16-13(19)12-6-5-10-8-17(12)14(20)18(10)25-26(21,22)23/h9-12,15H,2-8H2,1H3,(H,16,19)(H,21,22,23)/t9?,10-,11?,12+/m1/s1. The monoisotopic (exact) mass is 392 g/mol. The zero-order chi connectivity index (χ0) is 18.9. The molecule has 3 aliphatic rings. The molecular weight excluding hydrogens is 368 g/mol. The average Bonchev–Trinajstić information content (AvgIpc) is 2.83. The van der Waals surface area contributed by atoms with E-state index in [0.717, 1.165) is 25.7 Å². The van der Waals surface area contributed by atoms with Gasteiger partial charge in [-0.15, -0.1) is 4.28 Å². The fourth-order valence-corrected chi connectivity index (χ4v) is 4.22. The van der Waals surface area contributed by atoms with E-state index in [1.165, 1.54) is 4.90 Å². The van der Waals surface area contributed by atoms with Gasteiger partial charge in [-0.05, 0) is 45.6 Å². The molecule has 3 amide bonds. The number of carbonyl (C=O) groups is 2. The smallest absolute Gasteiger partial charge is 0.317 e. The van der Waals surface area contributed by atoms with Crippen LogP contribution in [0.4, 0.5) is 4.79 Å². The second-order valence-electron chi connectivity index (χ2n) is 6.87. The third-order valence-corrected chi connectivity index (χ3v) is 5.51. The Morgan fingerprint density at radius 3 is 2.73 bits per heavy atom. The fraction of sp³-hybridized carbons (Fsp3) is 0.857. The summed E-state index contributed by atoms with van der Waals surface area (Å²) in [6.07, 6.45) is 4.35. The van der Waals surface area contributed by atoms with Crippen molar-refractivity contribution in [3.05, 3.63) is 0 Å². The number of rotatable bonds is 6. The van der Waals surface area contributed by atoms with Crippen molar-refractivity contribution in [1.29, 1.82) is 0 Å². The molecule has 4 atom stereocenters. The average molecular weight is 392 g/mol. The first kappa shape index (κ1) is 19.3. The molecule has 2 aliphatic heterocycles. The largest absolute Gasteiger partial charge is 0.418 e. The topological polar surface area (TPSA) is 138 Å². The van der Waals surface area contributed by atoms with E-state index < -0.39 is 34.4 Å². The van der Waals surface area contributed by atoms with Crippen LogP contribution in [-0.2, 0) is 24.3 Å². The molecule has 0 aromatic carbocycles. The molecule has 26 heavy (non-hydrogen) atoms. The molecule has 11 nitrogen and oxygen atoms in total. The van der Waals surface area contributed by atoms with Crippen molar-refractivity contribution in [2.24, 2.45) is 0 Å². The van der Waals surface area contributed by atoms with Crippen molar-refractivity contribution >= 4 is 22.3 Å². The highest BCUT2D eigenvalue weighted by molar-refractivity contribution is 7.80. The molecule has 2 unspecified atom stereocenters. The minimum Gasteiger partial charge on any atom is -0.317 e. The molecule has 3 rings (SSSR count). The first-order chi connectivity index (χ1) is 12.3. The first-order valence-electron chi connectivity index (χ1n) is 8.68. The highest BCUT2D eigenvalue weighted by Crippen LogP contribution is 2.30. The molecule has 1 saturated carbocycles. The lowest BCUT2D eigenvalue weighted by atomic mass is 9.93. The normalized spacial score (nSPS) is 32.0. The van der Waals surface area contributed by atoms with Gasteiger partial charge in [-0.2, -0.15) is 13.5 Å². The van der Waals surface area contributed by atoms with Crippen LogP contribution in [0.25, 0.3) is 0 Å². The number of hydrogen-bond donors (Lipinski definition) is 3. The molecular formula is C14H24N4O7S. The van der Waals surface area contributed by atoms with Gasteiger partial charge in [-0.25, -0.2) is 10.3 Å². The summed E-state index contributed by atoms with van der Waals surface area (Å²) in [5.74, 6) is -0.447. The van der Waals surface area contributed by atoms with E-state index in [-0.39, 0.29) is 12.6 Å². The summed E-state index contributed by atoms with van der Waals surface area (Å²) < 4.78 is 34.9. The lowest BCUT2D eigenvalue weighted by Crippen LogP contribution is -2.50. The van der Waals surface area contributed by atoms with Crippen molar-refractivity contribution < 1.29 is 31.7 Å². The van der Waals surface area contributed by atoms with Gasteiger partial charge in [-0.1, -0.05) is 0 Å². The van der Waals surface area contributed by atoms with Gasteiger partial charge in [0.25, 0.3) is 5.91 Å². The second kappa shape index (κ2) is 7.64. The molecule has 1 aliphatic carbocycles. The third-order valence-electron chi connectivity index (χ3n) is 5.16. The van der Waals surface area contributed by atoms with Crippen LogP contribution in [-0.4, -0.2) is 72.7 Å². The van der Waals surface area contributed by atoms with E-state index >= 15 is 0 Å². The van der Waals surface area contributed by atoms with Crippen LogP contribution in [0.2, 0.25) is 0 Å². The number of hydrogen-bond acceptors (Lipinski definition) is 7. The summed E-state index contributed by atoms with van der Waals surface area (Å²) in [7, 11) is -2.91. The summed E-state index contributed by atoms with van der Waals surface area (Å²) in [5.41, 5.74) is 2.45. The summed E-state index contributed by atoms with van der Waals surface area (Å²) in [6.45, 7) is 0.150. The Labute approximate surface area is 151 Å². The number of nitrogens with one attached hydrogen (secondary N) is 2. The molecule has 2 bridgehead atoms. The maximum Gasteiger partial charge on any atom is 0.418 e. The van der Waals surface area contributed by atoms with Crippen LogP contribution in [0.1, 0.15) is 38.5 Å². The summed E-state index contributed by atoms with van der Waals surface area (Å²) in [4.78, 5) is 31.5. The molecule has 3 N–H and O–H groups in total. The number of urea groups is 1. The van der Waals surface area contributed by atoms with E-state index in [2.05, 4.69) is 15.1 Å². The van der Waals surface area contributed by atoms with Crippen molar-refractivity contribution in [2.75, 3.05) is 13.6 Å². The molecule has 148 valence electrons. The van der Waals surface area contributed by atoms with Gasteiger partial charge >= 0.3 is 16.4 Å². The maximum absolute atomic E-state index is 12.4. The Balaban J connectivity index is 1.55. The van der Waals surface area contributed by atoms with Gasteiger partial charge in [0.2, 0.25) is 0 Å². The second-order valence-corrected chi connectivity index (χ2v) is 7.87. The third kappa shape index (κ3) is 4.26. The van der Waals surface area contributed by atoms with Crippen molar-refractivity contribution in [3.63, 3.8) is 0 Å². The summed E-state index contributed by atoms with van der Waals surface area (Å²) in [6, 6.07) is -1.70. The quantitative estimate of drug-likeness (QED) is 0.409. The number of amides is 3. The predicted octanol–water partition coefficient (Wildman–Crippen LogP) is -0.432. The SMILES string of the molecule is CNC1CCCC(ONC(=O)[C@@H]2CC[C@@H]3CN2C(=O)N3OS(=O)(=O)O)C1. The zero-order valence-electron chi connectivity index (χ0n) is 14.5. The van der Waals surface area contributed by atoms with Crippen LogP contribution in [0, 0.1) is 0 Å². The van der Waals surface area contributed by atoms with E-state index in [1.807, 2.05) is 7.05 Å². The van der Waals surface area contributed by atoms with E-state index in [4.69, 9.17) is 9.39 Å². The number of carbonyl (C=O) groups excluding carboxylic acids is 2. The fourth-order valence-electron chi connectivity index (χ4n) is 3.83. The molecule has 0 radical (unpaired) electrons. The van der Waals surface area contributed by atoms with Gasteiger partial charge in [0.15, 0.2) is 0 Å². The molecule has 0 aromatic heterocycles. The van der Waals surface area contributed by atoms with Gasteiger partial charge in [0.1, 0.15) is 6.04 Å². The Kier molecular flexibility index (Phi) is 5.67. The highest BCUT2D eigenvalue weighted by atomic mass is 32.3. The Bertz CT molecular complexity index is 658. The lowest BCUT2D eigenvalue weighted by molar-refractivity contribution is -0.145. The predicted molar refractivity (Wildman–Crippen MR) is 87.7 cm³/mol. The van der Waals surface area contributed by atoms with Crippen LogP contribution >= 0.6 is 0 Å². The summed E-state index contributed by atoms with van der Waals surface area (Å²) in [5, 5.41) is 3.81. The lowest BCUT2D eigenvalue weighted by Gasteiger charge is -2.31. The minimum atomic E-state index is -4.80. The highest BCUT2D eigenvalue weighted by Gasteiger charge is 2.49. The van der Waals surface area contributed by atoms with Crippen LogP contribution in [0.3, 0.4) is 0 Å². The summed E-state index contributed by atoms with van der Waals surface area (Å²) >= 11 is 0. The van der Waals surface area contributed by atoms with Crippen molar-refractivity contribution in [3.8, 4) is 0 Å². The van der Waals surface area contributed by atoms with E-state index in [9.17, 15) is 18.0 Å². The number of fused-ring (bicyclic) bond motifs is 2. The Hall–Kier alpha value is -1.47. The molecule has 3 fully saturated rings. The number of nitrogens with zero attached hydrogens (tertiary/aromatic N) is 2. The van der Waals surface area contributed by atoms with Gasteiger partial charge in [-0.3, -0.25) is 14.2 Å². The van der Waals surface area contributed by atoms with Crippen LogP contribution in [0.15, 0.2) is 0 Å². The number of hydroxylamine groups is 3. The van der Waals surface area contributed by atoms with Crippen molar-refractivity contribution in [1.82, 2.24) is 20.8 Å². The Morgan fingerprint density at radius 2 is 2.04 bits per heavy atom. The van der Waals surface area contributed by atoms with Crippen LogP contribution in [0.5, 0.6) is 0 Å². The van der Waals surface area contributed by atoms with E-state index in [1.54, 1.807) is 0 Å². The number of piperidine rings is 1. The van der Waals surface area contributed by atoms with Crippen LogP contribution < -0.4 is 10.8 Å². The zero-order valence-corrected chi connectivity index (χ0v) is 15.3. The van der Waals surface area contributed by atoms with Crippen molar-refractivity contribution in [2.45, 2.75) is 62.8 Å². The van der Waals surface area contributed by atoms with Gasteiger partial charge in [0, 0.05) is 12.6 Å². The molecule has 2 heterocycles.